The summed E-state index contributed by atoms with van der Waals surface area (Å²) in [5, 5.41) is 6.80. The molecule has 0 aliphatic carbocycles. The molecular formula is C32H43ClN6O5S. The van der Waals surface area contributed by atoms with Crippen molar-refractivity contribution in [1.29, 1.82) is 0 Å². The van der Waals surface area contributed by atoms with Crippen LogP contribution in [0.2, 0.25) is 5.02 Å². The van der Waals surface area contributed by atoms with Gasteiger partial charge in [0.15, 0.2) is 15.7 Å². The molecule has 45 heavy (non-hydrogen) atoms. The van der Waals surface area contributed by atoms with Gasteiger partial charge in [-0.3, -0.25) is 4.90 Å². The first kappa shape index (κ1) is 33.1. The Kier molecular flexibility index (Phi) is 10.9. The lowest BCUT2D eigenvalue weighted by Gasteiger charge is -2.41. The Bertz CT molecular complexity index is 1580. The second-order valence-electron chi connectivity index (χ2n) is 11.5. The topological polar surface area (TPSA) is 118 Å². The molecule has 0 bridgehead atoms. The summed E-state index contributed by atoms with van der Waals surface area (Å²) >= 11 is 6.50. The summed E-state index contributed by atoms with van der Waals surface area (Å²) in [6.45, 7) is 7.86. The average molecular weight is 659 g/mol. The molecule has 2 aromatic carbocycles. The number of benzene rings is 2. The van der Waals surface area contributed by atoms with Crippen LogP contribution in [-0.4, -0.2) is 89.2 Å². The Morgan fingerprint density at radius 1 is 1.02 bits per heavy atom. The van der Waals surface area contributed by atoms with E-state index in [9.17, 15) is 8.42 Å². The summed E-state index contributed by atoms with van der Waals surface area (Å²) in [5.41, 5.74) is 4.20. The number of anilines is 5. The molecule has 0 atom stereocenters. The minimum absolute atomic E-state index is 0.207. The van der Waals surface area contributed by atoms with E-state index >= 15 is 0 Å². The van der Waals surface area contributed by atoms with E-state index < -0.39 is 9.84 Å². The monoisotopic (exact) mass is 658 g/mol. The van der Waals surface area contributed by atoms with E-state index in [2.05, 4.69) is 49.5 Å². The molecule has 1 aromatic heterocycles. The Morgan fingerprint density at radius 2 is 1.76 bits per heavy atom. The number of hydrogen-bond acceptors (Lipinski definition) is 11. The predicted octanol–water partition coefficient (Wildman–Crippen LogP) is 5.43. The number of morpholine rings is 1. The molecule has 5 rings (SSSR count). The largest absolute Gasteiger partial charge is 0.496 e. The highest BCUT2D eigenvalue weighted by Crippen LogP contribution is 2.38. The maximum absolute atomic E-state index is 12.2. The molecule has 2 fully saturated rings. The van der Waals surface area contributed by atoms with Gasteiger partial charge in [0.2, 0.25) is 5.95 Å². The van der Waals surface area contributed by atoms with Crippen molar-refractivity contribution < 1.29 is 22.6 Å². The zero-order valence-corrected chi connectivity index (χ0v) is 28.0. The molecule has 0 spiro atoms. The van der Waals surface area contributed by atoms with Crippen LogP contribution < -0.4 is 25.0 Å². The van der Waals surface area contributed by atoms with Gasteiger partial charge in [-0.15, -0.1) is 0 Å². The molecule has 2 saturated heterocycles. The third-order valence-corrected chi connectivity index (χ3v) is 9.38. The second-order valence-corrected chi connectivity index (χ2v) is 14.0. The average Bonchev–Trinajstić information content (AvgIpc) is 3.03. The first-order valence-corrected chi connectivity index (χ1v) is 17.8. The highest BCUT2D eigenvalue weighted by molar-refractivity contribution is 7.89. The summed E-state index contributed by atoms with van der Waals surface area (Å²) in [6, 6.07) is 10.1. The summed E-state index contributed by atoms with van der Waals surface area (Å²) in [7, 11) is -0.176. The van der Waals surface area contributed by atoms with Gasteiger partial charge in [-0.1, -0.05) is 31.0 Å². The van der Waals surface area contributed by atoms with Crippen molar-refractivity contribution in [3.05, 3.63) is 52.7 Å². The quantitative estimate of drug-likeness (QED) is 0.259. The van der Waals surface area contributed by atoms with Crippen LogP contribution >= 0.6 is 11.6 Å². The van der Waals surface area contributed by atoms with Gasteiger partial charge in [-0.2, -0.15) is 4.98 Å². The molecule has 0 amide bonds. The molecule has 3 aromatic rings. The van der Waals surface area contributed by atoms with Gasteiger partial charge in [0, 0.05) is 61.5 Å². The van der Waals surface area contributed by atoms with Crippen LogP contribution in [0.3, 0.4) is 0 Å². The summed E-state index contributed by atoms with van der Waals surface area (Å²) in [6.07, 6.45) is 6.86. The predicted molar refractivity (Wildman–Crippen MR) is 180 cm³/mol. The summed E-state index contributed by atoms with van der Waals surface area (Å²) in [5.74, 6) is 1.57. The molecule has 244 valence electrons. The van der Waals surface area contributed by atoms with E-state index in [4.69, 9.17) is 25.8 Å². The zero-order chi connectivity index (χ0) is 32.0. The normalized spacial score (nSPS) is 16.4. The van der Waals surface area contributed by atoms with Gasteiger partial charge in [0.1, 0.15) is 16.5 Å². The molecule has 0 unspecified atom stereocenters. The van der Waals surface area contributed by atoms with Gasteiger partial charge in [0.25, 0.3) is 0 Å². The number of piperidine rings is 1. The smallest absolute Gasteiger partial charge is 0.229 e. The highest BCUT2D eigenvalue weighted by Gasteiger charge is 2.27. The number of rotatable bonds is 12. The van der Waals surface area contributed by atoms with Crippen molar-refractivity contribution in [3.8, 4) is 11.5 Å². The van der Waals surface area contributed by atoms with Crippen molar-refractivity contribution in [1.82, 2.24) is 14.9 Å². The lowest BCUT2D eigenvalue weighted by molar-refractivity contribution is 0.0115. The third kappa shape index (κ3) is 8.29. The Hall–Kier alpha value is -3.32. The Morgan fingerprint density at radius 3 is 2.42 bits per heavy atom. The van der Waals surface area contributed by atoms with E-state index in [1.54, 1.807) is 25.3 Å². The van der Waals surface area contributed by atoms with Gasteiger partial charge in [0.05, 0.1) is 45.1 Å². The van der Waals surface area contributed by atoms with Gasteiger partial charge in [-0.05, 0) is 43.0 Å². The lowest BCUT2D eigenvalue weighted by atomic mass is 9.99. The first-order valence-electron chi connectivity index (χ1n) is 15.4. The molecule has 11 nitrogen and oxygen atoms in total. The van der Waals surface area contributed by atoms with E-state index in [-0.39, 0.29) is 10.8 Å². The maximum Gasteiger partial charge on any atom is 0.229 e. The maximum atomic E-state index is 12.2. The number of halogens is 1. The van der Waals surface area contributed by atoms with Crippen molar-refractivity contribution in [2.75, 3.05) is 75.4 Å². The first-order chi connectivity index (χ1) is 21.7. The lowest BCUT2D eigenvalue weighted by Crippen LogP contribution is -2.49. The zero-order valence-electron chi connectivity index (χ0n) is 26.4. The SMILES string of the molecule is CCCc1cc(Nc2ncc(Cl)c(Nc3cccc(OC)c3CS(C)(=O)=O)n2)c(OC)cc1N1CCC(N2CCOCC2)CC1. The van der Waals surface area contributed by atoms with Crippen molar-refractivity contribution >= 4 is 50.3 Å². The Labute approximate surface area is 271 Å². The van der Waals surface area contributed by atoms with Crippen LogP contribution in [0.25, 0.3) is 0 Å². The number of hydrogen-bond donors (Lipinski definition) is 2. The minimum atomic E-state index is -3.34. The third-order valence-electron chi connectivity index (χ3n) is 8.29. The van der Waals surface area contributed by atoms with Crippen LogP contribution in [-0.2, 0) is 26.7 Å². The van der Waals surface area contributed by atoms with Crippen molar-refractivity contribution in [2.24, 2.45) is 0 Å². The molecule has 13 heteroatoms. The summed E-state index contributed by atoms with van der Waals surface area (Å²) in [4.78, 5) is 14.1. The number of ether oxygens (including phenoxy) is 3. The fraction of sp³-hybridized carbons (Fsp3) is 0.500. The number of aromatic nitrogens is 2. The van der Waals surface area contributed by atoms with E-state index in [1.807, 2.05) is 0 Å². The number of aryl methyl sites for hydroxylation is 1. The number of nitrogens with one attached hydrogen (secondary N) is 2. The van der Waals surface area contributed by atoms with Crippen LogP contribution in [0.1, 0.15) is 37.3 Å². The van der Waals surface area contributed by atoms with Crippen LogP contribution in [0.5, 0.6) is 11.5 Å². The van der Waals surface area contributed by atoms with Crippen molar-refractivity contribution in [2.45, 2.75) is 44.4 Å². The van der Waals surface area contributed by atoms with Crippen LogP contribution in [0.15, 0.2) is 36.5 Å². The minimum Gasteiger partial charge on any atom is -0.496 e. The molecule has 2 aliphatic rings. The molecule has 3 heterocycles. The second kappa shape index (κ2) is 14.8. The van der Waals surface area contributed by atoms with Gasteiger partial charge >= 0.3 is 0 Å². The Balaban J connectivity index is 1.38. The fourth-order valence-corrected chi connectivity index (χ4v) is 7.07. The molecule has 0 saturated carbocycles. The molecule has 2 N–H and O–H groups in total. The highest BCUT2D eigenvalue weighted by atomic mass is 35.5. The van der Waals surface area contributed by atoms with Crippen LogP contribution in [0, 0.1) is 0 Å². The molecule has 0 radical (unpaired) electrons. The number of methoxy groups -OCH3 is 2. The fourth-order valence-electron chi connectivity index (χ4n) is 6.11. The van der Waals surface area contributed by atoms with E-state index in [1.165, 1.54) is 30.8 Å². The van der Waals surface area contributed by atoms with Crippen LogP contribution in [0.4, 0.5) is 28.8 Å². The summed E-state index contributed by atoms with van der Waals surface area (Å²) < 4.78 is 41.2. The van der Waals surface area contributed by atoms with Gasteiger partial charge < -0.3 is 29.7 Å². The number of sulfone groups is 1. The number of nitrogens with zero attached hydrogens (tertiary/aromatic N) is 4. The molecule has 2 aliphatic heterocycles. The van der Waals surface area contributed by atoms with E-state index in [0.717, 1.165) is 70.8 Å². The standard InChI is InChI=1S/C32H43ClN6O5S/c1-5-7-22-18-27(30(43-3)19-28(22)39-12-10-23(11-13-39)38-14-16-44-17-15-38)36-32-34-20-25(33)31(37-32)35-26-8-6-9-29(42-2)24(26)21-45(4,40)41/h6,8-9,18-20,23H,5,7,10-17,21H2,1-4H3,(H2,34,35,36,37). The van der Waals surface area contributed by atoms with E-state index in [0.29, 0.717) is 40.6 Å². The van der Waals surface area contributed by atoms with Crippen molar-refractivity contribution in [3.63, 3.8) is 0 Å². The van der Waals surface area contributed by atoms with Gasteiger partial charge in [-0.25, -0.2) is 13.4 Å². The molecular weight excluding hydrogens is 616 g/mol.